The van der Waals surface area contributed by atoms with Crippen LogP contribution in [-0.4, -0.2) is 0 Å². The van der Waals surface area contributed by atoms with E-state index in [1.54, 1.807) is 0 Å². The van der Waals surface area contributed by atoms with Crippen LogP contribution in [0.3, 0.4) is 0 Å². The predicted octanol–water partition coefficient (Wildman–Crippen LogP) is 3.85. The highest BCUT2D eigenvalue weighted by Gasteiger charge is 2.05. The number of nitriles is 1. The molecule has 1 heterocycles. The van der Waals surface area contributed by atoms with Crippen LogP contribution in [0.5, 0.6) is 0 Å². The zero-order chi connectivity index (χ0) is 12.4. The molecule has 0 N–H and O–H groups in total. The van der Waals surface area contributed by atoms with Crippen molar-refractivity contribution in [3.05, 3.63) is 48.0 Å². The highest BCUT2D eigenvalue weighted by molar-refractivity contribution is 6.05. The Morgan fingerprint density at radius 3 is 2.72 bits per heavy atom. The van der Waals surface area contributed by atoms with Gasteiger partial charge in [0.2, 0.25) is 0 Å². The van der Waals surface area contributed by atoms with Crippen molar-refractivity contribution in [1.29, 1.82) is 5.26 Å². The minimum absolute atomic E-state index is 0.254. The van der Waals surface area contributed by atoms with Crippen molar-refractivity contribution in [2.75, 3.05) is 0 Å². The lowest BCUT2D eigenvalue weighted by atomic mass is 10.1. The predicted molar refractivity (Wildman–Crippen MR) is 70.8 cm³/mol. The Morgan fingerprint density at radius 2 is 1.83 bits per heavy atom. The standard InChI is InChI=1S/C16H9NO/c17-10-4-3-5-12-8-9-16-14(11-12)13-6-1-2-7-15(13)18-16/h1-2,6-9,11H,4H2. The molecule has 2 aromatic carbocycles. The van der Waals surface area contributed by atoms with Crippen LogP contribution in [0, 0.1) is 23.2 Å². The number of benzene rings is 2. The normalized spacial score (nSPS) is 9.94. The van der Waals surface area contributed by atoms with E-state index in [1.807, 2.05) is 48.5 Å². The Balaban J connectivity index is 2.20. The minimum atomic E-state index is 0.254. The summed E-state index contributed by atoms with van der Waals surface area (Å²) in [5, 5.41) is 10.6. The number of hydrogen-bond acceptors (Lipinski definition) is 2. The molecule has 0 saturated heterocycles. The molecular weight excluding hydrogens is 222 g/mol. The summed E-state index contributed by atoms with van der Waals surface area (Å²) in [4.78, 5) is 0. The first-order valence-electron chi connectivity index (χ1n) is 5.65. The number of fused-ring (bicyclic) bond motifs is 3. The van der Waals surface area contributed by atoms with Gasteiger partial charge in [0, 0.05) is 16.3 Å². The van der Waals surface area contributed by atoms with Gasteiger partial charge in [0.1, 0.15) is 11.2 Å². The second kappa shape index (κ2) is 4.28. The first-order valence-corrected chi connectivity index (χ1v) is 5.65. The van der Waals surface area contributed by atoms with Crippen molar-refractivity contribution in [3.63, 3.8) is 0 Å². The Labute approximate surface area is 104 Å². The smallest absolute Gasteiger partial charge is 0.135 e. The third kappa shape index (κ3) is 1.71. The summed E-state index contributed by atoms with van der Waals surface area (Å²) in [5.74, 6) is 5.79. The quantitative estimate of drug-likeness (QED) is 0.551. The first-order chi connectivity index (χ1) is 8.88. The van der Waals surface area contributed by atoms with Gasteiger partial charge in [-0.2, -0.15) is 5.26 Å². The van der Waals surface area contributed by atoms with Crippen LogP contribution < -0.4 is 0 Å². The second-order valence-electron chi connectivity index (χ2n) is 3.95. The van der Waals surface area contributed by atoms with Crippen molar-refractivity contribution >= 4 is 21.9 Å². The summed E-state index contributed by atoms with van der Waals surface area (Å²) in [6, 6.07) is 15.8. The van der Waals surface area contributed by atoms with Crippen LogP contribution >= 0.6 is 0 Å². The fraction of sp³-hybridized carbons (Fsp3) is 0.0625. The lowest BCUT2D eigenvalue weighted by Crippen LogP contribution is -1.73. The monoisotopic (exact) mass is 231 g/mol. The van der Waals surface area contributed by atoms with Gasteiger partial charge in [-0.25, -0.2) is 0 Å². The molecule has 2 nitrogen and oxygen atoms in total. The lowest BCUT2D eigenvalue weighted by molar-refractivity contribution is 0.669. The summed E-state index contributed by atoms with van der Waals surface area (Å²) in [7, 11) is 0. The maximum atomic E-state index is 8.46. The molecule has 0 bridgehead atoms. The molecule has 0 fully saturated rings. The van der Waals surface area contributed by atoms with Crippen LogP contribution in [0.2, 0.25) is 0 Å². The van der Waals surface area contributed by atoms with Crippen LogP contribution in [0.4, 0.5) is 0 Å². The molecule has 2 heteroatoms. The Kier molecular flexibility index (Phi) is 2.48. The molecule has 3 rings (SSSR count). The SMILES string of the molecule is N#CCC#Cc1ccc2oc3ccccc3c2c1. The van der Waals surface area contributed by atoms with Gasteiger partial charge in [-0.1, -0.05) is 30.0 Å². The van der Waals surface area contributed by atoms with Gasteiger partial charge in [-0.3, -0.25) is 0 Å². The molecule has 0 atom stereocenters. The van der Waals surface area contributed by atoms with Crippen molar-refractivity contribution in [1.82, 2.24) is 0 Å². The van der Waals surface area contributed by atoms with Crippen LogP contribution in [0.25, 0.3) is 21.9 Å². The van der Waals surface area contributed by atoms with Gasteiger partial charge in [-0.15, -0.1) is 0 Å². The molecule has 1 aromatic heterocycles. The molecule has 0 spiro atoms. The maximum absolute atomic E-state index is 8.46. The largest absolute Gasteiger partial charge is 0.456 e. The van der Waals surface area contributed by atoms with E-state index in [4.69, 9.17) is 9.68 Å². The minimum Gasteiger partial charge on any atom is -0.456 e. The first kappa shape index (κ1) is 10.4. The Bertz CT molecular complexity index is 825. The van der Waals surface area contributed by atoms with E-state index in [0.29, 0.717) is 0 Å². The number of furan rings is 1. The van der Waals surface area contributed by atoms with Crippen LogP contribution in [0.15, 0.2) is 46.9 Å². The third-order valence-electron chi connectivity index (χ3n) is 2.78. The van der Waals surface area contributed by atoms with E-state index < -0.39 is 0 Å². The average molecular weight is 231 g/mol. The van der Waals surface area contributed by atoms with Gasteiger partial charge in [0.15, 0.2) is 0 Å². The number of para-hydroxylation sites is 1. The fourth-order valence-corrected chi connectivity index (χ4v) is 1.99. The van der Waals surface area contributed by atoms with Crippen molar-refractivity contribution in [3.8, 4) is 17.9 Å². The molecule has 0 radical (unpaired) electrons. The van der Waals surface area contributed by atoms with E-state index in [1.165, 1.54) is 0 Å². The maximum Gasteiger partial charge on any atom is 0.135 e. The number of rotatable bonds is 0. The molecular formula is C16H9NO. The zero-order valence-corrected chi connectivity index (χ0v) is 9.60. The average Bonchev–Trinajstić information content (AvgIpc) is 2.77. The van der Waals surface area contributed by atoms with Crippen molar-refractivity contribution < 1.29 is 4.42 Å². The van der Waals surface area contributed by atoms with Gasteiger partial charge in [0.05, 0.1) is 12.5 Å². The number of nitrogens with zero attached hydrogens (tertiary/aromatic N) is 1. The van der Waals surface area contributed by atoms with Crippen LogP contribution in [-0.2, 0) is 0 Å². The molecule has 0 aliphatic rings. The molecule has 0 aliphatic heterocycles. The fourth-order valence-electron chi connectivity index (χ4n) is 1.99. The van der Waals surface area contributed by atoms with Gasteiger partial charge >= 0.3 is 0 Å². The van der Waals surface area contributed by atoms with Gasteiger partial charge < -0.3 is 4.42 Å². The van der Waals surface area contributed by atoms with Crippen LogP contribution in [0.1, 0.15) is 12.0 Å². The summed E-state index contributed by atoms with van der Waals surface area (Å²) in [5.41, 5.74) is 2.65. The molecule has 0 amide bonds. The topological polar surface area (TPSA) is 36.9 Å². The lowest BCUT2D eigenvalue weighted by Gasteiger charge is -1.91. The van der Waals surface area contributed by atoms with E-state index in [9.17, 15) is 0 Å². The van der Waals surface area contributed by atoms with Gasteiger partial charge in [-0.05, 0) is 24.3 Å². The highest BCUT2D eigenvalue weighted by atomic mass is 16.3. The summed E-state index contributed by atoms with van der Waals surface area (Å²) >= 11 is 0. The van der Waals surface area contributed by atoms with E-state index in [2.05, 4.69) is 11.8 Å². The highest BCUT2D eigenvalue weighted by Crippen LogP contribution is 2.28. The molecule has 84 valence electrons. The molecule has 0 saturated carbocycles. The molecule has 0 aliphatic carbocycles. The summed E-state index contributed by atoms with van der Waals surface area (Å²) < 4.78 is 5.73. The summed E-state index contributed by atoms with van der Waals surface area (Å²) in [6.07, 6.45) is 0.254. The Morgan fingerprint density at radius 1 is 1.00 bits per heavy atom. The van der Waals surface area contributed by atoms with Crippen molar-refractivity contribution in [2.45, 2.75) is 6.42 Å². The Hall–Kier alpha value is -2.71. The van der Waals surface area contributed by atoms with E-state index >= 15 is 0 Å². The van der Waals surface area contributed by atoms with E-state index in [0.717, 1.165) is 27.5 Å². The molecule has 3 aromatic rings. The van der Waals surface area contributed by atoms with Crippen molar-refractivity contribution in [2.24, 2.45) is 0 Å². The molecule has 0 unspecified atom stereocenters. The summed E-state index contributed by atoms with van der Waals surface area (Å²) in [6.45, 7) is 0. The zero-order valence-electron chi connectivity index (χ0n) is 9.60. The van der Waals surface area contributed by atoms with E-state index in [-0.39, 0.29) is 6.42 Å². The number of hydrogen-bond donors (Lipinski definition) is 0. The second-order valence-corrected chi connectivity index (χ2v) is 3.95. The van der Waals surface area contributed by atoms with Gasteiger partial charge in [0.25, 0.3) is 0 Å². The third-order valence-corrected chi connectivity index (χ3v) is 2.78. The molecule has 18 heavy (non-hydrogen) atoms.